The second-order valence-electron chi connectivity index (χ2n) is 8.12. The van der Waals surface area contributed by atoms with Crippen molar-refractivity contribution in [1.82, 2.24) is 9.97 Å². The largest absolute Gasteiger partial charge is 0.487 e. The molecule has 4 heteroatoms. The van der Waals surface area contributed by atoms with Crippen molar-refractivity contribution < 1.29 is 9.47 Å². The van der Waals surface area contributed by atoms with Gasteiger partial charge in [-0.25, -0.2) is 9.97 Å². The smallest absolute Gasteiger partial charge is 0.157 e. The standard InChI is InChI=1S/C26H30N2O2/c1-4-29-20(3)25-27-17-14-23(28-25)18-30-24-12-10-22(11-13-24)26(15-5-16-26)21-8-6-19(2)7-9-21/h6-14,17,20H,4-5,15-16,18H2,1-3H3. The van der Waals surface area contributed by atoms with E-state index in [1.54, 1.807) is 6.20 Å². The Morgan fingerprint density at radius 2 is 1.63 bits per heavy atom. The first-order chi connectivity index (χ1) is 14.6. The van der Waals surface area contributed by atoms with Crippen molar-refractivity contribution >= 4 is 0 Å². The first-order valence-corrected chi connectivity index (χ1v) is 10.8. The van der Waals surface area contributed by atoms with E-state index in [4.69, 9.17) is 9.47 Å². The van der Waals surface area contributed by atoms with Crippen LogP contribution in [0.5, 0.6) is 5.75 Å². The second kappa shape index (κ2) is 8.97. The van der Waals surface area contributed by atoms with Crippen molar-refractivity contribution in [3.05, 3.63) is 89.0 Å². The lowest BCUT2D eigenvalue weighted by atomic mass is 9.60. The molecule has 4 nitrogen and oxygen atoms in total. The lowest BCUT2D eigenvalue weighted by Gasteiger charge is -2.43. The zero-order valence-electron chi connectivity index (χ0n) is 18.1. The van der Waals surface area contributed by atoms with E-state index in [0.717, 1.165) is 11.4 Å². The summed E-state index contributed by atoms with van der Waals surface area (Å²) in [4.78, 5) is 8.88. The van der Waals surface area contributed by atoms with Gasteiger partial charge < -0.3 is 9.47 Å². The predicted octanol–water partition coefficient (Wildman–Crippen LogP) is 5.93. The van der Waals surface area contributed by atoms with E-state index in [1.165, 1.54) is 36.0 Å². The maximum Gasteiger partial charge on any atom is 0.157 e. The first kappa shape index (κ1) is 20.5. The molecular weight excluding hydrogens is 372 g/mol. The molecule has 0 N–H and O–H groups in total. The molecule has 1 saturated carbocycles. The summed E-state index contributed by atoms with van der Waals surface area (Å²) in [7, 11) is 0. The normalized spacial score (nSPS) is 16.0. The van der Waals surface area contributed by atoms with E-state index in [2.05, 4.69) is 65.4 Å². The third kappa shape index (κ3) is 4.24. The lowest BCUT2D eigenvalue weighted by molar-refractivity contribution is 0.0697. The Kier molecular flexibility index (Phi) is 6.14. The van der Waals surface area contributed by atoms with Gasteiger partial charge in [-0.05, 0) is 62.9 Å². The number of benzene rings is 2. The Bertz CT molecular complexity index is 963. The molecule has 0 amide bonds. The monoisotopic (exact) mass is 402 g/mol. The van der Waals surface area contributed by atoms with Gasteiger partial charge in [0.15, 0.2) is 5.82 Å². The minimum atomic E-state index is -0.116. The number of hydrogen-bond donors (Lipinski definition) is 0. The third-order valence-electron chi connectivity index (χ3n) is 6.12. The molecule has 1 aliphatic rings. The topological polar surface area (TPSA) is 44.2 Å². The average Bonchev–Trinajstić information content (AvgIpc) is 2.74. The van der Waals surface area contributed by atoms with E-state index in [9.17, 15) is 0 Å². The Morgan fingerprint density at radius 3 is 2.23 bits per heavy atom. The summed E-state index contributed by atoms with van der Waals surface area (Å²) in [6.07, 6.45) is 5.34. The van der Waals surface area contributed by atoms with Crippen molar-refractivity contribution in [2.75, 3.05) is 6.61 Å². The third-order valence-corrected chi connectivity index (χ3v) is 6.12. The van der Waals surface area contributed by atoms with Crippen LogP contribution in [0.25, 0.3) is 0 Å². The average molecular weight is 403 g/mol. The number of nitrogens with zero attached hydrogens (tertiary/aromatic N) is 2. The zero-order valence-corrected chi connectivity index (χ0v) is 18.1. The molecule has 3 aromatic rings. The number of ether oxygens (including phenoxy) is 2. The van der Waals surface area contributed by atoms with Crippen LogP contribution in [0.3, 0.4) is 0 Å². The van der Waals surface area contributed by atoms with Crippen LogP contribution in [0, 0.1) is 6.92 Å². The molecule has 0 bridgehead atoms. The predicted molar refractivity (Wildman–Crippen MR) is 119 cm³/mol. The van der Waals surface area contributed by atoms with E-state index in [0.29, 0.717) is 19.0 Å². The number of aryl methyl sites for hydroxylation is 1. The number of rotatable bonds is 8. The van der Waals surface area contributed by atoms with Crippen molar-refractivity contribution in [3.8, 4) is 5.75 Å². The van der Waals surface area contributed by atoms with Gasteiger partial charge in [0.05, 0.1) is 5.69 Å². The quantitative estimate of drug-likeness (QED) is 0.468. The number of aromatic nitrogens is 2. The van der Waals surface area contributed by atoms with Gasteiger partial charge in [0.2, 0.25) is 0 Å². The molecule has 1 aliphatic carbocycles. The summed E-state index contributed by atoms with van der Waals surface area (Å²) < 4.78 is 11.6. The molecule has 156 valence electrons. The van der Waals surface area contributed by atoms with Gasteiger partial charge in [0.25, 0.3) is 0 Å². The fraction of sp³-hybridized carbons (Fsp3) is 0.385. The van der Waals surface area contributed by atoms with E-state index >= 15 is 0 Å². The zero-order chi connectivity index (χ0) is 21.0. The maximum absolute atomic E-state index is 6.00. The molecule has 0 radical (unpaired) electrons. The van der Waals surface area contributed by atoms with Crippen LogP contribution >= 0.6 is 0 Å². The van der Waals surface area contributed by atoms with E-state index in [1.807, 2.05) is 19.9 Å². The van der Waals surface area contributed by atoms with Crippen LogP contribution in [0.2, 0.25) is 0 Å². The van der Waals surface area contributed by atoms with Crippen LogP contribution in [-0.2, 0) is 16.8 Å². The Morgan fingerprint density at radius 1 is 0.967 bits per heavy atom. The summed E-state index contributed by atoms with van der Waals surface area (Å²) in [6.45, 7) is 7.13. The van der Waals surface area contributed by atoms with Crippen LogP contribution in [-0.4, -0.2) is 16.6 Å². The van der Waals surface area contributed by atoms with Gasteiger partial charge in [-0.15, -0.1) is 0 Å². The summed E-state index contributed by atoms with van der Waals surface area (Å²) >= 11 is 0. The van der Waals surface area contributed by atoms with Gasteiger partial charge in [0, 0.05) is 18.2 Å². The summed E-state index contributed by atoms with van der Waals surface area (Å²) in [5.74, 6) is 1.55. The van der Waals surface area contributed by atoms with Gasteiger partial charge in [0.1, 0.15) is 18.5 Å². The molecule has 1 atom stereocenters. The highest BCUT2D eigenvalue weighted by atomic mass is 16.5. The minimum Gasteiger partial charge on any atom is -0.487 e. The summed E-state index contributed by atoms with van der Waals surface area (Å²) in [5, 5.41) is 0. The molecular formula is C26H30N2O2. The van der Waals surface area contributed by atoms with Gasteiger partial charge in [-0.2, -0.15) is 0 Å². The second-order valence-corrected chi connectivity index (χ2v) is 8.12. The minimum absolute atomic E-state index is 0.116. The van der Waals surface area contributed by atoms with Crippen LogP contribution in [0.15, 0.2) is 60.8 Å². The van der Waals surface area contributed by atoms with Gasteiger partial charge in [-0.3, -0.25) is 0 Å². The molecule has 0 saturated heterocycles. The Hall–Kier alpha value is -2.72. The van der Waals surface area contributed by atoms with Crippen LogP contribution in [0.4, 0.5) is 0 Å². The van der Waals surface area contributed by atoms with Crippen LogP contribution < -0.4 is 4.74 Å². The summed E-state index contributed by atoms with van der Waals surface area (Å²) in [5.41, 5.74) is 5.11. The lowest BCUT2D eigenvalue weighted by Crippen LogP contribution is -2.35. The fourth-order valence-electron chi connectivity index (χ4n) is 4.19. The highest BCUT2D eigenvalue weighted by molar-refractivity contribution is 5.44. The molecule has 1 unspecified atom stereocenters. The fourth-order valence-corrected chi connectivity index (χ4v) is 4.19. The maximum atomic E-state index is 6.00. The molecule has 4 rings (SSSR count). The van der Waals surface area contributed by atoms with Crippen molar-refractivity contribution in [2.24, 2.45) is 0 Å². The highest BCUT2D eigenvalue weighted by Crippen LogP contribution is 2.49. The first-order valence-electron chi connectivity index (χ1n) is 10.8. The van der Waals surface area contributed by atoms with Crippen molar-refractivity contribution in [2.45, 2.75) is 58.2 Å². The Balaban J connectivity index is 1.44. The van der Waals surface area contributed by atoms with E-state index < -0.39 is 0 Å². The molecule has 0 spiro atoms. The summed E-state index contributed by atoms with van der Waals surface area (Å²) in [6, 6.07) is 19.5. The number of hydrogen-bond acceptors (Lipinski definition) is 4. The Labute approximate surface area is 179 Å². The SMILES string of the molecule is CCOC(C)c1nccc(COc2ccc(C3(c4ccc(C)cc4)CCC3)cc2)n1. The molecule has 1 heterocycles. The molecule has 1 aromatic heterocycles. The molecule has 2 aromatic carbocycles. The van der Waals surface area contributed by atoms with Crippen molar-refractivity contribution in [1.29, 1.82) is 0 Å². The molecule has 30 heavy (non-hydrogen) atoms. The van der Waals surface area contributed by atoms with Crippen molar-refractivity contribution in [3.63, 3.8) is 0 Å². The molecule has 0 aliphatic heterocycles. The molecule has 1 fully saturated rings. The van der Waals surface area contributed by atoms with Gasteiger partial charge in [-0.1, -0.05) is 48.4 Å². The van der Waals surface area contributed by atoms with E-state index in [-0.39, 0.29) is 11.5 Å². The van der Waals surface area contributed by atoms with Crippen LogP contribution in [0.1, 0.15) is 67.4 Å². The highest BCUT2D eigenvalue weighted by Gasteiger charge is 2.40. The van der Waals surface area contributed by atoms with Gasteiger partial charge >= 0.3 is 0 Å².